The van der Waals surface area contributed by atoms with E-state index in [9.17, 15) is 4.79 Å². The lowest BCUT2D eigenvalue weighted by molar-refractivity contribution is 0.102. The van der Waals surface area contributed by atoms with E-state index in [0.717, 1.165) is 11.4 Å². The molecule has 4 rings (SSSR count). The maximum atomic E-state index is 12.7. The van der Waals surface area contributed by atoms with Crippen molar-refractivity contribution in [2.75, 3.05) is 36.5 Å². The average molecular weight is 390 g/mol. The van der Waals surface area contributed by atoms with Gasteiger partial charge in [0.1, 0.15) is 17.2 Å². The quantitative estimate of drug-likeness (QED) is 0.716. The molecule has 7 nitrogen and oxygen atoms in total. The third kappa shape index (κ3) is 4.89. The van der Waals surface area contributed by atoms with E-state index in [1.807, 2.05) is 54.3 Å². The topological polar surface area (TPSA) is 76.6 Å². The number of hydrogen-bond acceptors (Lipinski definition) is 6. The monoisotopic (exact) mass is 390 g/mol. The molecule has 0 unspecified atom stereocenters. The van der Waals surface area contributed by atoms with Crippen molar-refractivity contribution in [3.8, 4) is 11.5 Å². The first-order chi connectivity index (χ1) is 14.2. The van der Waals surface area contributed by atoms with E-state index in [1.54, 1.807) is 18.2 Å². The number of anilines is 2. The molecule has 2 heterocycles. The van der Waals surface area contributed by atoms with E-state index < -0.39 is 0 Å². The first-order valence-corrected chi connectivity index (χ1v) is 9.50. The van der Waals surface area contributed by atoms with E-state index in [-0.39, 0.29) is 5.91 Å². The van der Waals surface area contributed by atoms with Gasteiger partial charge in [-0.05, 0) is 49.4 Å². The van der Waals surface area contributed by atoms with Gasteiger partial charge in [-0.1, -0.05) is 18.2 Å². The Labute approximate surface area is 169 Å². The molecule has 1 aliphatic rings. The summed E-state index contributed by atoms with van der Waals surface area (Å²) < 4.78 is 11.1. The number of amides is 1. The van der Waals surface area contributed by atoms with E-state index >= 15 is 0 Å². The summed E-state index contributed by atoms with van der Waals surface area (Å²) in [5, 5.41) is 2.88. The third-order valence-electron chi connectivity index (χ3n) is 4.46. The Bertz CT molecular complexity index is 971. The van der Waals surface area contributed by atoms with Crippen LogP contribution in [0.25, 0.3) is 0 Å². The summed E-state index contributed by atoms with van der Waals surface area (Å²) in [5.41, 5.74) is 1.75. The molecule has 0 bridgehead atoms. The van der Waals surface area contributed by atoms with Gasteiger partial charge in [-0.15, -0.1) is 0 Å². The fourth-order valence-corrected chi connectivity index (χ4v) is 3.00. The van der Waals surface area contributed by atoms with Crippen LogP contribution in [0.4, 0.5) is 11.6 Å². The highest BCUT2D eigenvalue weighted by molar-refractivity contribution is 6.03. The van der Waals surface area contributed by atoms with Gasteiger partial charge in [-0.3, -0.25) is 4.79 Å². The number of benzene rings is 2. The second-order valence-electron chi connectivity index (χ2n) is 6.69. The molecule has 0 radical (unpaired) electrons. The number of rotatable bonds is 5. The molecule has 1 fully saturated rings. The maximum absolute atomic E-state index is 12.7. The van der Waals surface area contributed by atoms with E-state index in [4.69, 9.17) is 9.47 Å². The van der Waals surface area contributed by atoms with Crippen LogP contribution in [0.5, 0.6) is 11.5 Å². The number of carbonyl (C=O) groups excluding carboxylic acids is 1. The highest BCUT2D eigenvalue weighted by atomic mass is 16.5. The predicted octanol–water partition coefficient (Wildman–Crippen LogP) is 3.67. The molecule has 29 heavy (non-hydrogen) atoms. The molecule has 0 saturated carbocycles. The summed E-state index contributed by atoms with van der Waals surface area (Å²) in [5.74, 6) is 1.74. The standard InChI is InChI=1S/C22H22N4O3/c1-16-15-20(25-22(23-16)26-11-13-28-14-12-26)21(27)24-17-7-9-19(10-8-17)29-18-5-3-2-4-6-18/h2-10,15H,11-14H2,1H3,(H,24,27). The number of carbonyl (C=O) groups is 1. The first-order valence-electron chi connectivity index (χ1n) is 9.50. The largest absolute Gasteiger partial charge is 0.457 e. The van der Waals surface area contributed by atoms with Gasteiger partial charge in [0.15, 0.2) is 0 Å². The van der Waals surface area contributed by atoms with Crippen LogP contribution in [0, 0.1) is 6.92 Å². The van der Waals surface area contributed by atoms with Crippen molar-refractivity contribution in [3.63, 3.8) is 0 Å². The second-order valence-corrected chi connectivity index (χ2v) is 6.69. The smallest absolute Gasteiger partial charge is 0.274 e. The van der Waals surface area contributed by atoms with Crippen LogP contribution in [0.15, 0.2) is 60.7 Å². The minimum Gasteiger partial charge on any atom is -0.457 e. The summed E-state index contributed by atoms with van der Waals surface area (Å²) in [7, 11) is 0. The Morgan fingerprint density at radius 1 is 1.00 bits per heavy atom. The van der Waals surface area contributed by atoms with Crippen LogP contribution in [-0.4, -0.2) is 42.2 Å². The van der Waals surface area contributed by atoms with Gasteiger partial charge in [0.2, 0.25) is 5.95 Å². The van der Waals surface area contributed by atoms with Gasteiger partial charge >= 0.3 is 0 Å². The number of nitrogens with one attached hydrogen (secondary N) is 1. The Hall–Kier alpha value is -3.45. The SMILES string of the molecule is Cc1cc(C(=O)Nc2ccc(Oc3ccccc3)cc2)nc(N2CCOCC2)n1. The summed E-state index contributed by atoms with van der Waals surface area (Å²) in [4.78, 5) is 23.6. The Morgan fingerprint density at radius 2 is 1.69 bits per heavy atom. The molecule has 1 aliphatic heterocycles. The van der Waals surface area contributed by atoms with E-state index in [0.29, 0.717) is 49.4 Å². The van der Waals surface area contributed by atoms with Crippen molar-refractivity contribution in [1.29, 1.82) is 0 Å². The zero-order chi connectivity index (χ0) is 20.1. The van der Waals surface area contributed by atoms with Crippen LogP contribution in [-0.2, 0) is 4.74 Å². The maximum Gasteiger partial charge on any atom is 0.274 e. The molecular formula is C22H22N4O3. The molecule has 0 aliphatic carbocycles. The lowest BCUT2D eigenvalue weighted by atomic mass is 10.2. The van der Waals surface area contributed by atoms with Crippen molar-refractivity contribution in [1.82, 2.24) is 9.97 Å². The Kier molecular flexibility index (Phi) is 5.67. The molecule has 3 aromatic rings. The summed E-state index contributed by atoms with van der Waals surface area (Å²) >= 11 is 0. The van der Waals surface area contributed by atoms with Gasteiger partial charge in [-0.25, -0.2) is 9.97 Å². The molecule has 1 saturated heterocycles. The summed E-state index contributed by atoms with van der Waals surface area (Å²) in [6.07, 6.45) is 0. The molecule has 148 valence electrons. The van der Waals surface area contributed by atoms with Crippen LogP contribution < -0.4 is 15.0 Å². The van der Waals surface area contributed by atoms with Gasteiger partial charge < -0.3 is 19.7 Å². The van der Waals surface area contributed by atoms with Gasteiger partial charge in [0.05, 0.1) is 13.2 Å². The minimum absolute atomic E-state index is 0.276. The lowest BCUT2D eigenvalue weighted by Gasteiger charge is -2.27. The number of morpholine rings is 1. The zero-order valence-electron chi connectivity index (χ0n) is 16.2. The first kappa shape index (κ1) is 18.9. The van der Waals surface area contributed by atoms with Gasteiger partial charge in [-0.2, -0.15) is 0 Å². The van der Waals surface area contributed by atoms with Crippen molar-refractivity contribution in [2.24, 2.45) is 0 Å². The molecule has 1 N–H and O–H groups in total. The van der Waals surface area contributed by atoms with Crippen molar-refractivity contribution >= 4 is 17.5 Å². The van der Waals surface area contributed by atoms with Crippen molar-refractivity contribution < 1.29 is 14.3 Å². The molecule has 1 amide bonds. The predicted molar refractivity (Wildman–Crippen MR) is 111 cm³/mol. The normalized spacial score (nSPS) is 13.8. The summed E-state index contributed by atoms with van der Waals surface area (Å²) in [6, 6.07) is 18.5. The molecule has 0 atom stereocenters. The van der Waals surface area contributed by atoms with E-state index in [2.05, 4.69) is 15.3 Å². The third-order valence-corrected chi connectivity index (χ3v) is 4.46. The number of nitrogens with zero attached hydrogens (tertiary/aromatic N) is 3. The lowest BCUT2D eigenvalue weighted by Crippen LogP contribution is -2.37. The highest BCUT2D eigenvalue weighted by Gasteiger charge is 2.17. The van der Waals surface area contributed by atoms with Crippen LogP contribution >= 0.6 is 0 Å². The Morgan fingerprint density at radius 3 is 2.41 bits per heavy atom. The molecule has 1 aromatic heterocycles. The molecule has 2 aromatic carbocycles. The molecule has 7 heteroatoms. The van der Waals surface area contributed by atoms with Crippen molar-refractivity contribution in [2.45, 2.75) is 6.92 Å². The van der Waals surface area contributed by atoms with Gasteiger partial charge in [0, 0.05) is 24.5 Å². The van der Waals surface area contributed by atoms with Crippen LogP contribution in [0.2, 0.25) is 0 Å². The van der Waals surface area contributed by atoms with Crippen molar-refractivity contribution in [3.05, 3.63) is 72.1 Å². The Balaban J connectivity index is 1.44. The minimum atomic E-state index is -0.276. The fraction of sp³-hybridized carbons (Fsp3) is 0.227. The second kappa shape index (κ2) is 8.70. The molecular weight excluding hydrogens is 368 g/mol. The number of aromatic nitrogens is 2. The fourth-order valence-electron chi connectivity index (χ4n) is 3.00. The highest BCUT2D eigenvalue weighted by Crippen LogP contribution is 2.23. The summed E-state index contributed by atoms with van der Waals surface area (Å²) in [6.45, 7) is 4.56. The zero-order valence-corrected chi connectivity index (χ0v) is 16.2. The van der Waals surface area contributed by atoms with Crippen LogP contribution in [0.3, 0.4) is 0 Å². The average Bonchev–Trinajstić information content (AvgIpc) is 2.76. The van der Waals surface area contributed by atoms with Crippen LogP contribution in [0.1, 0.15) is 16.2 Å². The number of ether oxygens (including phenoxy) is 2. The van der Waals surface area contributed by atoms with E-state index in [1.165, 1.54) is 0 Å². The number of para-hydroxylation sites is 1. The number of aryl methyl sites for hydroxylation is 1. The number of hydrogen-bond donors (Lipinski definition) is 1. The molecule has 0 spiro atoms. The van der Waals surface area contributed by atoms with Gasteiger partial charge in [0.25, 0.3) is 5.91 Å².